The molecule has 3 aromatic rings. The van der Waals surface area contributed by atoms with Gasteiger partial charge in [0.2, 0.25) is 0 Å². The van der Waals surface area contributed by atoms with Crippen LogP contribution in [0.3, 0.4) is 0 Å². The molecular formula is C14H13F3N4O. The van der Waals surface area contributed by atoms with Crippen molar-refractivity contribution in [2.24, 2.45) is 0 Å². The van der Waals surface area contributed by atoms with Gasteiger partial charge in [0.1, 0.15) is 5.82 Å². The van der Waals surface area contributed by atoms with Crippen molar-refractivity contribution in [3.63, 3.8) is 0 Å². The minimum atomic E-state index is -4.67. The molecule has 0 fully saturated rings. The molecule has 1 aromatic carbocycles. The fraction of sp³-hybridized carbons (Fsp3) is 0.286. The van der Waals surface area contributed by atoms with Crippen molar-refractivity contribution >= 4 is 22.4 Å². The van der Waals surface area contributed by atoms with Crippen LogP contribution in [-0.2, 0) is 0 Å². The van der Waals surface area contributed by atoms with E-state index in [1.54, 1.807) is 22.7 Å². The fourth-order valence-electron chi connectivity index (χ4n) is 2.22. The topological polar surface area (TPSA) is 62.5 Å². The zero-order chi connectivity index (χ0) is 15.9. The lowest BCUT2D eigenvalue weighted by atomic mass is 10.2. The lowest BCUT2D eigenvalue weighted by Crippen LogP contribution is -2.35. The minimum absolute atomic E-state index is 0.284. The van der Waals surface area contributed by atoms with Crippen molar-refractivity contribution in [2.45, 2.75) is 19.2 Å². The van der Waals surface area contributed by atoms with Crippen LogP contribution in [0, 0.1) is 6.92 Å². The molecule has 0 saturated heterocycles. The Kier molecular flexibility index (Phi) is 3.40. The van der Waals surface area contributed by atoms with E-state index in [2.05, 4.69) is 15.4 Å². The smallest absolute Gasteiger partial charge is 0.382 e. The number of nitrogens with one attached hydrogen (secondary N) is 1. The largest absolute Gasteiger partial charge is 0.416 e. The molecule has 3 rings (SSSR count). The van der Waals surface area contributed by atoms with E-state index in [4.69, 9.17) is 5.11 Å². The van der Waals surface area contributed by atoms with E-state index in [1.165, 1.54) is 0 Å². The zero-order valence-corrected chi connectivity index (χ0v) is 11.6. The molecule has 1 atom stereocenters. The van der Waals surface area contributed by atoms with E-state index in [0.717, 1.165) is 11.2 Å². The highest BCUT2D eigenvalue weighted by Gasteiger charge is 2.38. The number of para-hydroxylation sites is 1. The molecular weight excluding hydrogens is 297 g/mol. The van der Waals surface area contributed by atoms with Crippen LogP contribution in [0.1, 0.15) is 5.69 Å². The quantitative estimate of drug-likeness (QED) is 0.780. The van der Waals surface area contributed by atoms with Gasteiger partial charge >= 0.3 is 6.18 Å². The van der Waals surface area contributed by atoms with Crippen molar-refractivity contribution in [1.82, 2.24) is 14.6 Å². The Hall–Kier alpha value is -2.35. The van der Waals surface area contributed by atoms with Crippen LogP contribution in [0.5, 0.6) is 0 Å². The second-order valence-electron chi connectivity index (χ2n) is 4.97. The monoisotopic (exact) mass is 310 g/mol. The molecule has 0 amide bonds. The summed E-state index contributed by atoms with van der Waals surface area (Å²) < 4.78 is 38.8. The summed E-state index contributed by atoms with van der Waals surface area (Å²) >= 11 is 0. The van der Waals surface area contributed by atoms with Crippen LogP contribution < -0.4 is 5.32 Å². The van der Waals surface area contributed by atoms with Crippen molar-refractivity contribution < 1.29 is 18.3 Å². The van der Waals surface area contributed by atoms with E-state index >= 15 is 0 Å². The van der Waals surface area contributed by atoms with Crippen LogP contribution in [0.15, 0.2) is 30.3 Å². The molecule has 0 aliphatic carbocycles. The Bertz CT molecular complexity index is 828. The Morgan fingerprint density at radius 2 is 2.05 bits per heavy atom. The van der Waals surface area contributed by atoms with Gasteiger partial charge < -0.3 is 10.4 Å². The Balaban J connectivity index is 2.04. The van der Waals surface area contributed by atoms with Gasteiger partial charge in [-0.2, -0.15) is 18.3 Å². The minimum Gasteiger partial charge on any atom is -0.382 e. The number of fused-ring (bicyclic) bond motifs is 3. The van der Waals surface area contributed by atoms with Crippen LogP contribution in [0.4, 0.5) is 19.0 Å². The van der Waals surface area contributed by atoms with Crippen molar-refractivity contribution in [3.8, 4) is 0 Å². The van der Waals surface area contributed by atoms with E-state index in [0.29, 0.717) is 11.0 Å². The molecule has 0 spiro atoms. The first-order valence-corrected chi connectivity index (χ1v) is 6.60. The van der Waals surface area contributed by atoms with E-state index in [9.17, 15) is 13.2 Å². The predicted octanol–water partition coefficient (Wildman–Crippen LogP) is 2.53. The molecule has 0 saturated carbocycles. The number of hydrogen-bond donors (Lipinski definition) is 2. The average molecular weight is 310 g/mol. The molecule has 0 bridgehead atoms. The summed E-state index contributed by atoms with van der Waals surface area (Å²) in [5.41, 5.74) is 2.01. The number of hydrogen-bond acceptors (Lipinski definition) is 4. The first kappa shape index (κ1) is 14.6. The third kappa shape index (κ3) is 2.57. The number of aryl methyl sites for hydroxylation is 1. The molecule has 2 heterocycles. The Morgan fingerprint density at radius 3 is 2.77 bits per heavy atom. The highest BCUT2D eigenvalue weighted by atomic mass is 19.4. The van der Waals surface area contributed by atoms with Crippen LogP contribution >= 0.6 is 0 Å². The summed E-state index contributed by atoms with van der Waals surface area (Å²) in [7, 11) is 0. The predicted molar refractivity (Wildman–Crippen MR) is 75.8 cm³/mol. The van der Waals surface area contributed by atoms with E-state index < -0.39 is 18.8 Å². The Labute approximate surface area is 123 Å². The van der Waals surface area contributed by atoms with Gasteiger partial charge in [0.15, 0.2) is 11.8 Å². The lowest BCUT2D eigenvalue weighted by molar-refractivity contribution is -0.198. The summed E-state index contributed by atoms with van der Waals surface area (Å²) in [5.74, 6) is 0.284. The van der Waals surface area contributed by atoms with Gasteiger partial charge in [0.25, 0.3) is 0 Å². The standard InChI is InChI=1S/C14H13F3N4O/c1-8-6-12-19-13(18-7-11(22)14(15,16)17)9-4-2-3-5-10(9)21(12)20-8/h2-6,11,22H,7H2,1H3,(H,18,19)/t11-/m0/s1. The average Bonchev–Trinajstić information content (AvgIpc) is 2.84. The van der Waals surface area contributed by atoms with Gasteiger partial charge in [-0.3, -0.25) is 0 Å². The van der Waals surface area contributed by atoms with Crippen LogP contribution in [-0.4, -0.2) is 38.5 Å². The maximum atomic E-state index is 12.4. The molecule has 2 N–H and O–H groups in total. The van der Waals surface area contributed by atoms with Gasteiger partial charge in [0, 0.05) is 11.5 Å². The van der Waals surface area contributed by atoms with Crippen molar-refractivity contribution in [2.75, 3.05) is 11.9 Å². The summed E-state index contributed by atoms with van der Waals surface area (Å²) in [6.07, 6.45) is -7.11. The first-order chi connectivity index (χ1) is 10.4. The SMILES string of the molecule is Cc1cc2nc(NC[C@H](O)C(F)(F)F)c3ccccc3n2n1. The highest BCUT2D eigenvalue weighted by molar-refractivity contribution is 5.91. The summed E-state index contributed by atoms with van der Waals surface area (Å²) in [5, 5.41) is 16.6. The molecule has 5 nitrogen and oxygen atoms in total. The number of nitrogens with zero attached hydrogens (tertiary/aromatic N) is 3. The fourth-order valence-corrected chi connectivity index (χ4v) is 2.22. The molecule has 0 aliphatic rings. The van der Waals surface area contributed by atoms with Crippen LogP contribution in [0.25, 0.3) is 16.6 Å². The normalized spacial score (nSPS) is 13.7. The number of anilines is 1. The maximum absolute atomic E-state index is 12.4. The van der Waals surface area contributed by atoms with Gasteiger partial charge in [-0.1, -0.05) is 12.1 Å². The van der Waals surface area contributed by atoms with E-state index in [-0.39, 0.29) is 5.82 Å². The first-order valence-electron chi connectivity index (χ1n) is 6.60. The molecule has 0 unspecified atom stereocenters. The van der Waals surface area contributed by atoms with Gasteiger partial charge in [0.05, 0.1) is 17.8 Å². The molecule has 116 valence electrons. The molecule has 8 heteroatoms. The van der Waals surface area contributed by atoms with Crippen molar-refractivity contribution in [1.29, 1.82) is 0 Å². The molecule has 0 radical (unpaired) electrons. The van der Waals surface area contributed by atoms with E-state index in [1.807, 2.05) is 19.1 Å². The zero-order valence-electron chi connectivity index (χ0n) is 11.6. The molecule has 2 aromatic heterocycles. The number of alkyl halides is 3. The number of aliphatic hydroxyl groups excluding tert-OH is 1. The third-order valence-corrected chi connectivity index (χ3v) is 3.27. The maximum Gasteiger partial charge on any atom is 0.416 e. The van der Waals surface area contributed by atoms with Gasteiger partial charge in [-0.15, -0.1) is 0 Å². The Morgan fingerprint density at radius 1 is 1.32 bits per heavy atom. The van der Waals surface area contributed by atoms with Crippen LogP contribution in [0.2, 0.25) is 0 Å². The number of aliphatic hydroxyl groups is 1. The lowest BCUT2D eigenvalue weighted by Gasteiger charge is -2.16. The van der Waals surface area contributed by atoms with Gasteiger partial charge in [-0.25, -0.2) is 9.50 Å². The number of rotatable bonds is 3. The second-order valence-corrected chi connectivity index (χ2v) is 4.97. The molecule has 0 aliphatic heterocycles. The number of benzene rings is 1. The summed E-state index contributed by atoms with van der Waals surface area (Å²) in [6.45, 7) is 1.15. The highest BCUT2D eigenvalue weighted by Crippen LogP contribution is 2.25. The number of aromatic nitrogens is 3. The summed E-state index contributed by atoms with van der Waals surface area (Å²) in [6, 6.07) is 8.85. The third-order valence-electron chi connectivity index (χ3n) is 3.27. The number of halogens is 3. The van der Waals surface area contributed by atoms with Crippen molar-refractivity contribution in [3.05, 3.63) is 36.0 Å². The second kappa shape index (κ2) is 5.13. The summed E-state index contributed by atoms with van der Waals surface area (Å²) in [4.78, 5) is 4.29. The molecule has 22 heavy (non-hydrogen) atoms. The van der Waals surface area contributed by atoms with Gasteiger partial charge in [-0.05, 0) is 19.1 Å².